The van der Waals surface area contributed by atoms with Gasteiger partial charge < -0.3 is 4.74 Å². The largest absolute Gasteiger partial charge is 0.466 e. The number of esters is 1. The van der Waals surface area contributed by atoms with Gasteiger partial charge in [-0.3, -0.25) is 9.59 Å². The van der Waals surface area contributed by atoms with Gasteiger partial charge in [-0.2, -0.15) is 5.26 Å². The van der Waals surface area contributed by atoms with Gasteiger partial charge in [-0.25, -0.2) is 4.39 Å². The van der Waals surface area contributed by atoms with Crippen LogP contribution in [0.4, 0.5) is 4.39 Å². The van der Waals surface area contributed by atoms with E-state index in [4.69, 9.17) is 5.26 Å². The first-order valence-electron chi connectivity index (χ1n) is 4.95. The van der Waals surface area contributed by atoms with Crippen LogP contribution in [-0.4, -0.2) is 18.9 Å². The number of aldehydes is 1. The molecule has 5 heteroatoms. The van der Waals surface area contributed by atoms with Crippen LogP contribution in [0, 0.1) is 17.1 Å². The molecule has 1 aromatic carbocycles. The number of ether oxygens (including phenoxy) is 1. The van der Waals surface area contributed by atoms with Crippen LogP contribution in [0.2, 0.25) is 0 Å². The number of hydrogen-bond donors (Lipinski definition) is 0. The Morgan fingerprint density at radius 2 is 2.29 bits per heavy atom. The van der Waals surface area contributed by atoms with Crippen molar-refractivity contribution < 1.29 is 18.7 Å². The van der Waals surface area contributed by atoms with Crippen molar-refractivity contribution in [3.8, 4) is 6.07 Å². The lowest BCUT2D eigenvalue weighted by atomic mass is 10.0. The SMILES string of the molecule is CCOC(=O)Cc1cc(C#N)cc(C=O)c1F. The van der Waals surface area contributed by atoms with Gasteiger partial charge in [0.15, 0.2) is 6.29 Å². The van der Waals surface area contributed by atoms with E-state index in [2.05, 4.69) is 4.74 Å². The van der Waals surface area contributed by atoms with Gasteiger partial charge in [-0.05, 0) is 19.1 Å². The standard InChI is InChI=1S/C12H10FNO3/c1-2-17-11(16)5-9-3-8(6-14)4-10(7-15)12(9)13/h3-4,7H,2,5H2,1H3. The fourth-order valence-electron chi connectivity index (χ4n) is 1.36. The minimum Gasteiger partial charge on any atom is -0.466 e. The lowest BCUT2D eigenvalue weighted by Crippen LogP contribution is -2.10. The number of nitrogens with zero attached hydrogens (tertiary/aromatic N) is 1. The van der Waals surface area contributed by atoms with E-state index in [9.17, 15) is 14.0 Å². The predicted molar refractivity (Wildman–Crippen MR) is 56.8 cm³/mol. The van der Waals surface area contributed by atoms with E-state index < -0.39 is 11.8 Å². The van der Waals surface area contributed by atoms with Crippen LogP contribution in [0.3, 0.4) is 0 Å². The molecule has 4 nitrogen and oxygen atoms in total. The molecule has 0 N–H and O–H groups in total. The first-order chi connectivity index (χ1) is 8.12. The summed E-state index contributed by atoms with van der Waals surface area (Å²) in [6, 6.07) is 4.17. The molecule has 0 aromatic heterocycles. The molecule has 17 heavy (non-hydrogen) atoms. The molecule has 0 fully saturated rings. The molecular formula is C12H10FNO3. The van der Waals surface area contributed by atoms with Gasteiger partial charge in [0, 0.05) is 5.56 Å². The number of halogens is 1. The summed E-state index contributed by atoms with van der Waals surface area (Å²) < 4.78 is 18.3. The van der Waals surface area contributed by atoms with Gasteiger partial charge in [-0.15, -0.1) is 0 Å². The van der Waals surface area contributed by atoms with Gasteiger partial charge >= 0.3 is 5.97 Å². The van der Waals surface area contributed by atoms with Crippen LogP contribution >= 0.6 is 0 Å². The summed E-state index contributed by atoms with van der Waals surface area (Å²) in [5.41, 5.74) is -0.110. The monoisotopic (exact) mass is 235 g/mol. The summed E-state index contributed by atoms with van der Waals surface area (Å²) in [6.07, 6.45) is 0.0147. The van der Waals surface area contributed by atoms with Gasteiger partial charge in [0.2, 0.25) is 0 Å². The second-order valence-electron chi connectivity index (χ2n) is 3.25. The van der Waals surface area contributed by atoms with Crippen molar-refractivity contribution in [3.63, 3.8) is 0 Å². The average molecular weight is 235 g/mol. The normalized spacial score (nSPS) is 9.47. The second-order valence-corrected chi connectivity index (χ2v) is 3.25. The van der Waals surface area contributed by atoms with Crippen molar-refractivity contribution >= 4 is 12.3 Å². The second kappa shape index (κ2) is 5.75. The summed E-state index contributed by atoms with van der Waals surface area (Å²) in [5, 5.41) is 8.71. The maximum Gasteiger partial charge on any atom is 0.310 e. The molecular weight excluding hydrogens is 225 g/mol. The highest BCUT2D eigenvalue weighted by Crippen LogP contribution is 2.15. The molecule has 0 saturated carbocycles. The molecule has 0 radical (unpaired) electrons. The quantitative estimate of drug-likeness (QED) is 0.587. The summed E-state index contributed by atoms with van der Waals surface area (Å²) >= 11 is 0. The van der Waals surface area contributed by atoms with Crippen LogP contribution in [0.1, 0.15) is 28.4 Å². The highest BCUT2D eigenvalue weighted by atomic mass is 19.1. The van der Waals surface area contributed by atoms with E-state index in [0.29, 0.717) is 6.29 Å². The zero-order valence-electron chi connectivity index (χ0n) is 9.20. The van der Waals surface area contributed by atoms with Gasteiger partial charge in [0.25, 0.3) is 0 Å². The molecule has 0 amide bonds. The van der Waals surface area contributed by atoms with Crippen molar-refractivity contribution in [2.75, 3.05) is 6.61 Å². The number of carbonyl (C=O) groups is 2. The molecule has 0 saturated heterocycles. The topological polar surface area (TPSA) is 67.2 Å². The zero-order valence-corrected chi connectivity index (χ0v) is 9.20. The first-order valence-corrected chi connectivity index (χ1v) is 4.95. The molecule has 0 spiro atoms. The number of rotatable bonds is 4. The Labute approximate surface area is 97.6 Å². The van der Waals surface area contributed by atoms with Crippen LogP contribution in [0.15, 0.2) is 12.1 Å². The highest BCUT2D eigenvalue weighted by molar-refractivity contribution is 5.78. The number of nitriles is 1. The van der Waals surface area contributed by atoms with Gasteiger partial charge in [0.05, 0.1) is 30.2 Å². The third kappa shape index (κ3) is 3.11. The fraction of sp³-hybridized carbons (Fsp3) is 0.250. The van der Waals surface area contributed by atoms with Crippen molar-refractivity contribution in [1.29, 1.82) is 5.26 Å². The Hall–Kier alpha value is -2.22. The molecule has 0 aliphatic carbocycles. The summed E-state index contributed by atoms with van der Waals surface area (Å²) in [6.45, 7) is 1.83. The minimum absolute atomic E-state index is 0.00963. The van der Waals surface area contributed by atoms with Crippen LogP contribution in [0.5, 0.6) is 0 Å². The first kappa shape index (κ1) is 12.8. The molecule has 0 unspecified atom stereocenters. The number of benzene rings is 1. The molecule has 0 bridgehead atoms. The van der Waals surface area contributed by atoms with E-state index in [1.54, 1.807) is 13.0 Å². The van der Waals surface area contributed by atoms with E-state index >= 15 is 0 Å². The maximum absolute atomic E-state index is 13.6. The summed E-state index contributed by atoms with van der Waals surface area (Å²) in [5.74, 6) is -1.38. The lowest BCUT2D eigenvalue weighted by Gasteiger charge is -2.05. The number of carbonyl (C=O) groups excluding carboxylic acids is 2. The van der Waals surface area contributed by atoms with E-state index in [0.717, 1.165) is 6.07 Å². The lowest BCUT2D eigenvalue weighted by molar-refractivity contribution is -0.142. The van der Waals surface area contributed by atoms with E-state index in [1.165, 1.54) is 6.07 Å². The van der Waals surface area contributed by atoms with Crippen molar-refractivity contribution in [1.82, 2.24) is 0 Å². The Balaban J connectivity index is 3.10. The van der Waals surface area contributed by atoms with E-state index in [-0.39, 0.29) is 29.7 Å². The highest BCUT2D eigenvalue weighted by Gasteiger charge is 2.14. The third-order valence-corrected chi connectivity index (χ3v) is 2.07. The maximum atomic E-state index is 13.6. The minimum atomic E-state index is -0.785. The molecule has 0 heterocycles. The third-order valence-electron chi connectivity index (χ3n) is 2.07. The molecule has 1 rings (SSSR count). The molecule has 0 aliphatic heterocycles. The molecule has 0 atom stereocenters. The molecule has 88 valence electrons. The molecule has 0 aliphatic rings. The van der Waals surface area contributed by atoms with Crippen molar-refractivity contribution in [3.05, 3.63) is 34.6 Å². The Morgan fingerprint density at radius 3 is 2.82 bits per heavy atom. The number of hydrogen-bond acceptors (Lipinski definition) is 4. The Kier molecular flexibility index (Phi) is 4.35. The average Bonchev–Trinajstić information content (AvgIpc) is 2.32. The van der Waals surface area contributed by atoms with Gasteiger partial charge in [-0.1, -0.05) is 0 Å². The predicted octanol–water partition coefficient (Wildman–Crippen LogP) is 1.62. The van der Waals surface area contributed by atoms with Crippen LogP contribution < -0.4 is 0 Å². The van der Waals surface area contributed by atoms with E-state index in [1.807, 2.05) is 0 Å². The summed E-state index contributed by atoms with van der Waals surface area (Å²) in [7, 11) is 0. The zero-order chi connectivity index (χ0) is 12.8. The van der Waals surface area contributed by atoms with Crippen LogP contribution in [0.25, 0.3) is 0 Å². The Bertz CT molecular complexity index is 491. The van der Waals surface area contributed by atoms with Gasteiger partial charge in [0.1, 0.15) is 5.82 Å². The van der Waals surface area contributed by atoms with Crippen molar-refractivity contribution in [2.24, 2.45) is 0 Å². The Morgan fingerprint density at radius 1 is 1.59 bits per heavy atom. The van der Waals surface area contributed by atoms with Crippen molar-refractivity contribution in [2.45, 2.75) is 13.3 Å². The van der Waals surface area contributed by atoms with Crippen LogP contribution in [-0.2, 0) is 16.0 Å². The fourth-order valence-corrected chi connectivity index (χ4v) is 1.36. The smallest absolute Gasteiger partial charge is 0.310 e. The molecule has 1 aromatic rings. The summed E-state index contributed by atoms with van der Waals surface area (Å²) in [4.78, 5) is 21.8.